The molecule has 0 spiro atoms. The number of aromatic nitrogens is 1. The van der Waals surface area contributed by atoms with Gasteiger partial charge in [0.2, 0.25) is 0 Å². The van der Waals surface area contributed by atoms with Gasteiger partial charge in [-0.05, 0) is 42.7 Å². The first-order chi connectivity index (χ1) is 13.1. The van der Waals surface area contributed by atoms with Crippen molar-refractivity contribution in [2.24, 2.45) is 5.73 Å². The number of anilines is 1. The van der Waals surface area contributed by atoms with Gasteiger partial charge in [0, 0.05) is 29.2 Å². The maximum Gasteiger partial charge on any atom is 0.316 e. The van der Waals surface area contributed by atoms with Crippen LogP contribution in [-0.4, -0.2) is 16.9 Å². The fraction of sp³-hybridized carbons (Fsp3) is 0.190. The highest BCUT2D eigenvalue weighted by Gasteiger charge is 2.26. The summed E-state index contributed by atoms with van der Waals surface area (Å²) >= 11 is 0. The molecule has 6 nitrogen and oxygen atoms in total. The van der Waals surface area contributed by atoms with Crippen LogP contribution < -0.4 is 16.4 Å². The summed E-state index contributed by atoms with van der Waals surface area (Å²) in [6.45, 7) is 0.394. The van der Waals surface area contributed by atoms with Crippen LogP contribution >= 0.6 is 0 Å². The minimum absolute atomic E-state index is 0.116. The van der Waals surface area contributed by atoms with Crippen molar-refractivity contribution in [3.05, 3.63) is 71.4 Å². The number of carbonyl (C=O) groups excluding carboxylic acids is 2. The standard InChI is InChI=1S/C21H20N4O2/c22-21(27)24-15-9-5-13(6-10-15)12-23-20(26)17-11-19(14-7-8-14)25-18-4-2-1-3-16(17)18/h1-6,9-11,14H,7-8,12H2,(H,23,26)(H3,22,24,27). The summed E-state index contributed by atoms with van der Waals surface area (Å²) in [5, 5.41) is 6.35. The molecule has 0 radical (unpaired) electrons. The van der Waals surface area contributed by atoms with Crippen molar-refractivity contribution < 1.29 is 9.59 Å². The zero-order chi connectivity index (χ0) is 18.8. The molecule has 1 saturated carbocycles. The van der Waals surface area contributed by atoms with E-state index in [9.17, 15) is 9.59 Å². The van der Waals surface area contributed by atoms with Crippen LogP contribution in [0.3, 0.4) is 0 Å². The molecule has 0 unspecified atom stereocenters. The van der Waals surface area contributed by atoms with Crippen LogP contribution in [0.1, 0.15) is 40.4 Å². The number of benzene rings is 2. The Hall–Kier alpha value is -3.41. The molecular weight excluding hydrogens is 340 g/mol. The average molecular weight is 360 g/mol. The van der Waals surface area contributed by atoms with E-state index in [1.807, 2.05) is 42.5 Å². The molecule has 0 saturated heterocycles. The number of hydrogen-bond acceptors (Lipinski definition) is 3. The molecule has 1 aromatic heterocycles. The number of rotatable bonds is 5. The Morgan fingerprint density at radius 3 is 2.52 bits per heavy atom. The Morgan fingerprint density at radius 1 is 1.07 bits per heavy atom. The molecule has 136 valence electrons. The summed E-state index contributed by atoms with van der Waals surface area (Å²) in [5.41, 5.74) is 9.16. The molecule has 6 heteroatoms. The monoisotopic (exact) mass is 360 g/mol. The van der Waals surface area contributed by atoms with Gasteiger partial charge in [0.1, 0.15) is 0 Å². The Kier molecular flexibility index (Phi) is 4.46. The van der Waals surface area contributed by atoms with Crippen LogP contribution in [0.15, 0.2) is 54.6 Å². The molecule has 1 heterocycles. The smallest absolute Gasteiger partial charge is 0.316 e. The minimum atomic E-state index is -0.605. The summed E-state index contributed by atoms with van der Waals surface area (Å²) in [6, 6.07) is 16.2. The van der Waals surface area contributed by atoms with E-state index in [-0.39, 0.29) is 5.91 Å². The van der Waals surface area contributed by atoms with Gasteiger partial charge in [-0.25, -0.2) is 4.79 Å². The van der Waals surface area contributed by atoms with Crippen molar-refractivity contribution in [3.63, 3.8) is 0 Å². The van der Waals surface area contributed by atoms with E-state index < -0.39 is 6.03 Å². The number of urea groups is 1. The second kappa shape index (κ2) is 7.07. The third-order valence-electron chi connectivity index (χ3n) is 4.65. The molecule has 0 bridgehead atoms. The van der Waals surface area contributed by atoms with E-state index in [0.717, 1.165) is 35.0 Å². The van der Waals surface area contributed by atoms with Gasteiger partial charge in [-0.1, -0.05) is 30.3 Å². The van der Waals surface area contributed by atoms with Gasteiger partial charge in [0.15, 0.2) is 0 Å². The lowest BCUT2D eigenvalue weighted by Gasteiger charge is -2.11. The normalized spacial score (nSPS) is 13.3. The van der Waals surface area contributed by atoms with Crippen molar-refractivity contribution in [1.29, 1.82) is 0 Å². The molecule has 0 aliphatic heterocycles. The summed E-state index contributed by atoms with van der Waals surface area (Å²) in [5.74, 6) is 0.362. The molecule has 0 atom stereocenters. The van der Waals surface area contributed by atoms with E-state index in [1.54, 1.807) is 12.1 Å². The van der Waals surface area contributed by atoms with Crippen molar-refractivity contribution in [2.45, 2.75) is 25.3 Å². The molecule has 3 amide bonds. The zero-order valence-electron chi connectivity index (χ0n) is 14.7. The summed E-state index contributed by atoms with van der Waals surface area (Å²) in [7, 11) is 0. The van der Waals surface area contributed by atoms with E-state index in [0.29, 0.717) is 23.7 Å². The van der Waals surface area contributed by atoms with Gasteiger partial charge < -0.3 is 16.4 Å². The molecule has 27 heavy (non-hydrogen) atoms. The Labute approximate surface area is 156 Å². The number of para-hydroxylation sites is 1. The Morgan fingerprint density at radius 2 is 1.81 bits per heavy atom. The summed E-state index contributed by atoms with van der Waals surface area (Å²) in [4.78, 5) is 28.4. The lowest BCUT2D eigenvalue weighted by atomic mass is 10.1. The Bertz CT molecular complexity index is 1010. The van der Waals surface area contributed by atoms with Gasteiger partial charge in [0.05, 0.1) is 11.1 Å². The maximum atomic E-state index is 12.8. The second-order valence-electron chi connectivity index (χ2n) is 6.75. The number of amides is 3. The number of fused-ring (bicyclic) bond motifs is 1. The van der Waals surface area contributed by atoms with Crippen molar-refractivity contribution in [3.8, 4) is 0 Å². The van der Waals surface area contributed by atoms with Gasteiger partial charge in [-0.3, -0.25) is 9.78 Å². The molecule has 4 N–H and O–H groups in total. The molecule has 1 aliphatic rings. The highest BCUT2D eigenvalue weighted by atomic mass is 16.2. The number of hydrogen-bond donors (Lipinski definition) is 3. The van der Waals surface area contributed by atoms with Crippen LogP contribution in [0.25, 0.3) is 10.9 Å². The zero-order valence-corrected chi connectivity index (χ0v) is 14.7. The molecular formula is C21H20N4O2. The summed E-state index contributed by atoms with van der Waals surface area (Å²) < 4.78 is 0. The molecule has 1 fully saturated rings. The lowest BCUT2D eigenvalue weighted by molar-refractivity contribution is 0.0952. The van der Waals surface area contributed by atoms with Crippen LogP contribution in [0.4, 0.5) is 10.5 Å². The lowest BCUT2D eigenvalue weighted by Crippen LogP contribution is -2.23. The van der Waals surface area contributed by atoms with Crippen LogP contribution in [0.2, 0.25) is 0 Å². The van der Waals surface area contributed by atoms with E-state index >= 15 is 0 Å². The SMILES string of the molecule is NC(=O)Nc1ccc(CNC(=O)c2cc(C3CC3)nc3ccccc23)cc1. The fourth-order valence-electron chi connectivity index (χ4n) is 3.10. The minimum Gasteiger partial charge on any atom is -0.351 e. The number of nitrogens with two attached hydrogens (primary N) is 1. The van der Waals surface area contributed by atoms with Crippen LogP contribution in [-0.2, 0) is 6.54 Å². The number of nitrogens with zero attached hydrogens (tertiary/aromatic N) is 1. The van der Waals surface area contributed by atoms with Gasteiger partial charge >= 0.3 is 6.03 Å². The number of nitrogens with one attached hydrogen (secondary N) is 2. The summed E-state index contributed by atoms with van der Waals surface area (Å²) in [6.07, 6.45) is 2.27. The van der Waals surface area contributed by atoms with E-state index in [2.05, 4.69) is 10.6 Å². The van der Waals surface area contributed by atoms with Crippen LogP contribution in [0, 0.1) is 0 Å². The van der Waals surface area contributed by atoms with Crippen LogP contribution in [0.5, 0.6) is 0 Å². The van der Waals surface area contributed by atoms with Gasteiger partial charge in [-0.15, -0.1) is 0 Å². The van der Waals surface area contributed by atoms with E-state index in [4.69, 9.17) is 10.7 Å². The van der Waals surface area contributed by atoms with E-state index in [1.165, 1.54) is 0 Å². The predicted molar refractivity (Wildman–Crippen MR) is 105 cm³/mol. The third-order valence-corrected chi connectivity index (χ3v) is 4.65. The highest BCUT2D eigenvalue weighted by molar-refractivity contribution is 6.06. The maximum absolute atomic E-state index is 12.8. The second-order valence-corrected chi connectivity index (χ2v) is 6.75. The average Bonchev–Trinajstić information content (AvgIpc) is 3.51. The largest absolute Gasteiger partial charge is 0.351 e. The fourth-order valence-corrected chi connectivity index (χ4v) is 3.10. The molecule has 4 rings (SSSR count). The predicted octanol–water partition coefficient (Wildman–Crippen LogP) is 3.53. The topological polar surface area (TPSA) is 97.1 Å². The van der Waals surface area contributed by atoms with Crippen molar-refractivity contribution in [2.75, 3.05) is 5.32 Å². The molecule has 2 aromatic carbocycles. The Balaban J connectivity index is 1.52. The highest BCUT2D eigenvalue weighted by Crippen LogP contribution is 2.40. The first-order valence-corrected chi connectivity index (χ1v) is 8.93. The molecule has 3 aromatic rings. The van der Waals surface area contributed by atoms with Crippen molar-refractivity contribution >= 4 is 28.5 Å². The number of primary amides is 1. The third kappa shape index (κ3) is 3.89. The van der Waals surface area contributed by atoms with Gasteiger partial charge in [-0.2, -0.15) is 0 Å². The number of carbonyl (C=O) groups is 2. The van der Waals surface area contributed by atoms with Crippen molar-refractivity contribution in [1.82, 2.24) is 10.3 Å². The number of pyridine rings is 1. The first kappa shape index (κ1) is 17.0. The molecule has 1 aliphatic carbocycles. The quantitative estimate of drug-likeness (QED) is 0.649. The van der Waals surface area contributed by atoms with Gasteiger partial charge in [0.25, 0.3) is 5.91 Å². The first-order valence-electron chi connectivity index (χ1n) is 8.93.